The maximum atomic E-state index is 12.9. The van der Waals surface area contributed by atoms with Gasteiger partial charge in [-0.15, -0.1) is 0 Å². The Morgan fingerprint density at radius 1 is 1.20 bits per heavy atom. The number of amides is 1. The predicted molar refractivity (Wildman–Crippen MR) is 94.1 cm³/mol. The molecule has 3 atom stereocenters. The maximum Gasteiger partial charge on any atom is 0.253 e. The summed E-state index contributed by atoms with van der Waals surface area (Å²) in [6.45, 7) is 2.74. The number of likely N-dealkylation sites (tertiary alicyclic amines) is 1. The first-order valence-corrected chi connectivity index (χ1v) is 8.96. The van der Waals surface area contributed by atoms with Crippen molar-refractivity contribution < 1.29 is 9.21 Å². The van der Waals surface area contributed by atoms with Crippen molar-refractivity contribution in [2.24, 2.45) is 16.8 Å². The quantitative estimate of drug-likeness (QED) is 0.937. The van der Waals surface area contributed by atoms with Gasteiger partial charge < -0.3 is 9.73 Å². The zero-order valence-corrected chi connectivity index (χ0v) is 14.0. The van der Waals surface area contributed by atoms with Crippen LogP contribution < -0.4 is 5.32 Å². The number of aliphatic imine (C=N–C) groups is 1. The molecule has 0 unspecified atom stereocenters. The van der Waals surface area contributed by atoms with Crippen LogP contribution in [0.15, 0.2) is 58.1 Å². The minimum absolute atomic E-state index is 0.0821. The van der Waals surface area contributed by atoms with Gasteiger partial charge in [-0.1, -0.05) is 30.3 Å². The Hall–Kier alpha value is -2.40. The monoisotopic (exact) mass is 335 g/mol. The maximum absolute atomic E-state index is 12.9. The molecule has 5 nitrogen and oxygen atoms in total. The Morgan fingerprint density at radius 3 is 2.88 bits per heavy atom. The van der Waals surface area contributed by atoms with Crippen molar-refractivity contribution in [2.75, 3.05) is 13.1 Å². The van der Waals surface area contributed by atoms with E-state index in [1.807, 2.05) is 42.5 Å². The zero-order valence-electron chi connectivity index (χ0n) is 14.0. The van der Waals surface area contributed by atoms with Gasteiger partial charge in [-0.3, -0.25) is 14.7 Å². The standard InChI is InChI=1S/C20H21N3O2/c24-19-20(22-18(21-19)14-5-2-1-3-6-14)9-8-15-11-23(13-17(15)20)12-16-7-4-10-25-16/h1-7,10,15,17H,8-9,11-13H2,(H,21,22,24)/t15-,17+,20-/m1/s1. The molecule has 5 heteroatoms. The summed E-state index contributed by atoms with van der Waals surface area (Å²) in [6.07, 6.45) is 3.64. The largest absolute Gasteiger partial charge is 0.468 e. The molecule has 2 aromatic rings. The SMILES string of the molecule is O=C1NC(c2ccccc2)=N[C@@]12CC[C@@H]1CN(Cc3ccco3)C[C@@H]12. The normalized spacial score (nSPS) is 31.4. The third-order valence-corrected chi connectivity index (χ3v) is 5.97. The van der Waals surface area contributed by atoms with E-state index in [1.165, 1.54) is 0 Å². The molecule has 3 heterocycles. The molecule has 1 aromatic carbocycles. The van der Waals surface area contributed by atoms with Crippen molar-refractivity contribution in [3.05, 3.63) is 60.1 Å². The van der Waals surface area contributed by atoms with E-state index in [9.17, 15) is 4.79 Å². The Balaban J connectivity index is 1.40. The lowest BCUT2D eigenvalue weighted by atomic mass is 9.85. The fraction of sp³-hybridized carbons (Fsp3) is 0.400. The van der Waals surface area contributed by atoms with E-state index < -0.39 is 5.54 Å². The van der Waals surface area contributed by atoms with Crippen LogP contribution in [0.1, 0.15) is 24.2 Å². The highest BCUT2D eigenvalue weighted by Crippen LogP contribution is 2.49. The first-order valence-electron chi connectivity index (χ1n) is 8.96. The van der Waals surface area contributed by atoms with Gasteiger partial charge in [0, 0.05) is 24.6 Å². The van der Waals surface area contributed by atoms with Crippen molar-refractivity contribution in [2.45, 2.75) is 24.9 Å². The number of nitrogens with one attached hydrogen (secondary N) is 1. The van der Waals surface area contributed by atoms with Crippen molar-refractivity contribution in [3.63, 3.8) is 0 Å². The van der Waals surface area contributed by atoms with E-state index in [0.29, 0.717) is 11.8 Å². The first-order chi connectivity index (χ1) is 12.2. The molecule has 2 aliphatic heterocycles. The van der Waals surface area contributed by atoms with Gasteiger partial charge in [-0.25, -0.2) is 0 Å². The molecule has 0 radical (unpaired) electrons. The van der Waals surface area contributed by atoms with E-state index in [-0.39, 0.29) is 5.91 Å². The van der Waals surface area contributed by atoms with Gasteiger partial charge in [-0.05, 0) is 30.9 Å². The average Bonchev–Trinajstić information content (AvgIpc) is 3.38. The summed E-state index contributed by atoms with van der Waals surface area (Å²) >= 11 is 0. The number of hydrogen-bond acceptors (Lipinski definition) is 4. The van der Waals surface area contributed by atoms with Crippen LogP contribution in [-0.4, -0.2) is 35.3 Å². The summed E-state index contributed by atoms with van der Waals surface area (Å²) in [4.78, 5) is 20.2. The van der Waals surface area contributed by atoms with Crippen LogP contribution in [0.2, 0.25) is 0 Å². The summed E-state index contributed by atoms with van der Waals surface area (Å²) in [5.74, 6) is 2.64. The third kappa shape index (κ3) is 2.34. The second-order valence-electron chi connectivity index (χ2n) is 7.38. The Bertz CT molecular complexity index is 815. The molecule has 128 valence electrons. The molecule has 3 aliphatic rings. The molecule has 1 saturated heterocycles. The van der Waals surface area contributed by atoms with E-state index in [1.54, 1.807) is 6.26 Å². The number of furan rings is 1. The van der Waals surface area contributed by atoms with Crippen molar-refractivity contribution in [1.29, 1.82) is 0 Å². The topological polar surface area (TPSA) is 57.8 Å². The molecule has 1 amide bonds. The molecular formula is C20H21N3O2. The Labute approximate surface area is 146 Å². The fourth-order valence-electron chi connectivity index (χ4n) is 4.78. The van der Waals surface area contributed by atoms with Crippen LogP contribution in [0.25, 0.3) is 0 Å². The number of benzene rings is 1. The lowest BCUT2D eigenvalue weighted by molar-refractivity contribution is -0.125. The highest BCUT2D eigenvalue weighted by molar-refractivity contribution is 6.15. The number of carbonyl (C=O) groups excluding carboxylic acids is 1. The number of hydrogen-bond donors (Lipinski definition) is 1. The smallest absolute Gasteiger partial charge is 0.253 e. The van der Waals surface area contributed by atoms with E-state index in [4.69, 9.17) is 9.41 Å². The highest BCUT2D eigenvalue weighted by atomic mass is 16.3. The summed E-state index contributed by atoms with van der Waals surface area (Å²) in [6, 6.07) is 13.9. The number of rotatable bonds is 3. The summed E-state index contributed by atoms with van der Waals surface area (Å²) in [5.41, 5.74) is 0.412. The predicted octanol–water partition coefficient (Wildman–Crippen LogP) is 2.44. The summed E-state index contributed by atoms with van der Waals surface area (Å²) in [7, 11) is 0. The lowest BCUT2D eigenvalue weighted by Crippen LogP contribution is -2.44. The highest BCUT2D eigenvalue weighted by Gasteiger charge is 2.59. The molecule has 5 rings (SSSR count). The first kappa shape index (κ1) is 14.9. The van der Waals surface area contributed by atoms with Crippen LogP contribution in [-0.2, 0) is 11.3 Å². The lowest BCUT2D eigenvalue weighted by Gasteiger charge is -2.25. The third-order valence-electron chi connectivity index (χ3n) is 5.97. The fourth-order valence-corrected chi connectivity index (χ4v) is 4.78. The van der Waals surface area contributed by atoms with Gasteiger partial charge in [0.25, 0.3) is 5.91 Å². The molecule has 1 aromatic heterocycles. The Kier molecular flexibility index (Phi) is 3.31. The van der Waals surface area contributed by atoms with Crippen molar-refractivity contribution >= 4 is 11.7 Å². The molecule has 1 spiro atoms. The van der Waals surface area contributed by atoms with E-state index >= 15 is 0 Å². The molecule has 1 N–H and O–H groups in total. The van der Waals surface area contributed by atoms with E-state index in [2.05, 4.69) is 10.2 Å². The van der Waals surface area contributed by atoms with Gasteiger partial charge in [0.15, 0.2) is 0 Å². The molecule has 0 bridgehead atoms. The second-order valence-corrected chi connectivity index (χ2v) is 7.38. The van der Waals surface area contributed by atoms with Crippen LogP contribution in [0.3, 0.4) is 0 Å². The molecule has 1 aliphatic carbocycles. The average molecular weight is 335 g/mol. The summed E-state index contributed by atoms with van der Waals surface area (Å²) < 4.78 is 5.48. The molecule has 25 heavy (non-hydrogen) atoms. The van der Waals surface area contributed by atoms with Gasteiger partial charge in [0.05, 0.1) is 12.8 Å². The molecule has 1 saturated carbocycles. The van der Waals surface area contributed by atoms with Crippen molar-refractivity contribution in [3.8, 4) is 0 Å². The minimum atomic E-state index is -0.576. The summed E-state index contributed by atoms with van der Waals surface area (Å²) in [5, 5.41) is 3.05. The number of nitrogens with zero attached hydrogens (tertiary/aromatic N) is 2. The zero-order chi connectivity index (χ0) is 16.9. The van der Waals surface area contributed by atoms with Gasteiger partial charge in [-0.2, -0.15) is 0 Å². The molecule has 2 fully saturated rings. The minimum Gasteiger partial charge on any atom is -0.468 e. The Morgan fingerprint density at radius 2 is 2.08 bits per heavy atom. The van der Waals surface area contributed by atoms with Gasteiger partial charge >= 0.3 is 0 Å². The van der Waals surface area contributed by atoms with Gasteiger partial charge in [0.2, 0.25) is 0 Å². The van der Waals surface area contributed by atoms with Crippen LogP contribution >= 0.6 is 0 Å². The number of fused-ring (bicyclic) bond motifs is 2. The van der Waals surface area contributed by atoms with Crippen LogP contribution in [0.4, 0.5) is 0 Å². The van der Waals surface area contributed by atoms with Crippen molar-refractivity contribution in [1.82, 2.24) is 10.2 Å². The van der Waals surface area contributed by atoms with Crippen LogP contribution in [0.5, 0.6) is 0 Å². The number of amidine groups is 1. The van der Waals surface area contributed by atoms with Crippen LogP contribution in [0, 0.1) is 11.8 Å². The number of carbonyl (C=O) groups is 1. The van der Waals surface area contributed by atoms with Gasteiger partial charge in [0.1, 0.15) is 17.1 Å². The second kappa shape index (κ2) is 5.56. The molecular weight excluding hydrogens is 314 g/mol. The van der Waals surface area contributed by atoms with E-state index in [0.717, 1.165) is 49.6 Å².